The molecule has 0 saturated carbocycles. The number of aliphatic carboxylic acids is 1. The van der Waals surface area contributed by atoms with E-state index in [1.165, 1.54) is 17.5 Å². The minimum absolute atomic E-state index is 0.173. The van der Waals surface area contributed by atoms with Crippen LogP contribution in [0.15, 0.2) is 30.7 Å². The molecular weight excluding hydrogens is 282 g/mol. The van der Waals surface area contributed by atoms with Gasteiger partial charge in [-0.05, 0) is 42.5 Å². The highest BCUT2D eigenvalue weighted by Gasteiger charge is 2.22. The van der Waals surface area contributed by atoms with E-state index in [2.05, 4.69) is 15.3 Å². The van der Waals surface area contributed by atoms with Crippen LogP contribution in [0.3, 0.4) is 0 Å². The minimum atomic E-state index is -1.07. The fourth-order valence-electron chi connectivity index (χ4n) is 2.77. The molecule has 22 heavy (non-hydrogen) atoms. The van der Waals surface area contributed by atoms with Crippen LogP contribution < -0.4 is 5.32 Å². The summed E-state index contributed by atoms with van der Waals surface area (Å²) in [4.78, 5) is 30.3. The molecule has 114 valence electrons. The summed E-state index contributed by atoms with van der Waals surface area (Å²) in [5.41, 5.74) is 3.65. The van der Waals surface area contributed by atoms with Crippen LogP contribution in [0.2, 0.25) is 0 Å². The number of aryl methyl sites for hydroxylation is 2. The maximum atomic E-state index is 12.3. The molecule has 1 unspecified atom stereocenters. The molecule has 3 N–H and O–H groups in total. The lowest BCUT2D eigenvalue weighted by atomic mass is 10.1. The number of carbonyl (C=O) groups is 2. The normalized spacial score (nSPS) is 14.4. The van der Waals surface area contributed by atoms with Gasteiger partial charge in [0, 0.05) is 23.9 Å². The Morgan fingerprint density at radius 2 is 2.14 bits per heavy atom. The smallest absolute Gasteiger partial charge is 0.326 e. The molecule has 1 heterocycles. The lowest BCUT2D eigenvalue weighted by Crippen LogP contribution is -2.42. The second-order valence-corrected chi connectivity index (χ2v) is 5.48. The first kappa shape index (κ1) is 14.3. The van der Waals surface area contributed by atoms with E-state index in [-0.39, 0.29) is 12.3 Å². The number of rotatable bonds is 5. The molecule has 6 heteroatoms. The van der Waals surface area contributed by atoms with Crippen LogP contribution in [-0.4, -0.2) is 33.0 Å². The summed E-state index contributed by atoms with van der Waals surface area (Å²) in [7, 11) is 0. The molecule has 3 rings (SSSR count). The Kier molecular flexibility index (Phi) is 3.91. The van der Waals surface area contributed by atoms with Crippen LogP contribution in [0.25, 0.3) is 0 Å². The Hall–Kier alpha value is -2.63. The van der Waals surface area contributed by atoms with Gasteiger partial charge in [0.1, 0.15) is 6.04 Å². The second-order valence-electron chi connectivity index (χ2n) is 5.48. The quantitative estimate of drug-likeness (QED) is 0.776. The number of hydrogen-bond donors (Lipinski definition) is 3. The van der Waals surface area contributed by atoms with Gasteiger partial charge in [-0.3, -0.25) is 4.79 Å². The van der Waals surface area contributed by atoms with Gasteiger partial charge in [-0.1, -0.05) is 6.07 Å². The van der Waals surface area contributed by atoms with Crippen molar-refractivity contribution >= 4 is 11.9 Å². The Morgan fingerprint density at radius 1 is 1.32 bits per heavy atom. The molecule has 0 radical (unpaired) electrons. The summed E-state index contributed by atoms with van der Waals surface area (Å²) < 4.78 is 0. The lowest BCUT2D eigenvalue weighted by Gasteiger charge is -2.14. The van der Waals surface area contributed by atoms with E-state index in [0.29, 0.717) is 11.3 Å². The van der Waals surface area contributed by atoms with Crippen LogP contribution in [0.4, 0.5) is 0 Å². The zero-order valence-electron chi connectivity index (χ0n) is 12.0. The number of imidazole rings is 1. The van der Waals surface area contributed by atoms with Crippen molar-refractivity contribution in [1.29, 1.82) is 0 Å². The van der Waals surface area contributed by atoms with Gasteiger partial charge in [-0.2, -0.15) is 0 Å². The first-order valence-corrected chi connectivity index (χ1v) is 7.26. The number of aromatic amines is 1. The third-order valence-corrected chi connectivity index (χ3v) is 3.94. The molecule has 6 nitrogen and oxygen atoms in total. The molecule has 1 aliphatic rings. The largest absolute Gasteiger partial charge is 0.480 e. The molecule has 0 bridgehead atoms. The summed E-state index contributed by atoms with van der Waals surface area (Å²) in [5.74, 6) is -1.43. The number of benzene rings is 1. The van der Waals surface area contributed by atoms with Crippen molar-refractivity contribution in [1.82, 2.24) is 15.3 Å². The lowest BCUT2D eigenvalue weighted by molar-refractivity contribution is -0.139. The van der Waals surface area contributed by atoms with Crippen molar-refractivity contribution in [2.24, 2.45) is 0 Å². The number of amides is 1. The van der Waals surface area contributed by atoms with Gasteiger partial charge in [-0.25, -0.2) is 9.78 Å². The summed E-state index contributed by atoms with van der Waals surface area (Å²) in [5, 5.41) is 11.8. The van der Waals surface area contributed by atoms with Crippen LogP contribution >= 0.6 is 0 Å². The van der Waals surface area contributed by atoms with Crippen molar-refractivity contribution < 1.29 is 14.7 Å². The number of carboxylic acid groups (broad SMARTS) is 1. The number of carboxylic acids is 1. The number of hydrogen-bond acceptors (Lipinski definition) is 3. The van der Waals surface area contributed by atoms with Crippen molar-refractivity contribution in [3.8, 4) is 0 Å². The Labute approximate surface area is 127 Å². The Balaban J connectivity index is 1.72. The highest BCUT2D eigenvalue weighted by molar-refractivity contribution is 5.96. The number of fused-ring (bicyclic) bond motifs is 1. The maximum absolute atomic E-state index is 12.3. The molecule has 0 aliphatic heterocycles. The maximum Gasteiger partial charge on any atom is 0.326 e. The predicted molar refractivity (Wildman–Crippen MR) is 79.6 cm³/mol. The average molecular weight is 299 g/mol. The summed E-state index contributed by atoms with van der Waals surface area (Å²) in [6.07, 6.45) is 6.35. The third-order valence-electron chi connectivity index (χ3n) is 3.94. The number of nitrogens with one attached hydrogen (secondary N) is 2. The number of H-pyrrole nitrogens is 1. The zero-order chi connectivity index (χ0) is 15.5. The highest BCUT2D eigenvalue weighted by Crippen LogP contribution is 2.22. The fraction of sp³-hybridized carbons (Fsp3) is 0.312. The van der Waals surface area contributed by atoms with Gasteiger partial charge in [0.25, 0.3) is 5.91 Å². The Bertz CT molecular complexity index is 695. The van der Waals surface area contributed by atoms with Crippen LogP contribution in [-0.2, 0) is 24.1 Å². The summed E-state index contributed by atoms with van der Waals surface area (Å²) in [6, 6.07) is 4.60. The average Bonchev–Trinajstić information content (AvgIpc) is 3.16. The van der Waals surface area contributed by atoms with Crippen molar-refractivity contribution in [2.45, 2.75) is 31.7 Å². The van der Waals surface area contributed by atoms with E-state index in [4.69, 9.17) is 0 Å². The molecule has 1 aromatic carbocycles. The van der Waals surface area contributed by atoms with Gasteiger partial charge in [-0.15, -0.1) is 0 Å². The van der Waals surface area contributed by atoms with E-state index < -0.39 is 12.0 Å². The second kappa shape index (κ2) is 6.01. The fourth-order valence-corrected chi connectivity index (χ4v) is 2.77. The zero-order valence-corrected chi connectivity index (χ0v) is 12.0. The number of carbonyl (C=O) groups excluding carboxylic acids is 1. The topological polar surface area (TPSA) is 95.1 Å². The van der Waals surface area contributed by atoms with Gasteiger partial charge < -0.3 is 15.4 Å². The molecular formula is C16H17N3O3. The van der Waals surface area contributed by atoms with Crippen LogP contribution in [0, 0.1) is 0 Å². The van der Waals surface area contributed by atoms with Gasteiger partial charge in [0.15, 0.2) is 0 Å². The number of nitrogens with zero attached hydrogens (tertiary/aromatic N) is 1. The molecule has 1 aromatic heterocycles. The van der Waals surface area contributed by atoms with Crippen LogP contribution in [0.1, 0.15) is 33.6 Å². The van der Waals surface area contributed by atoms with Gasteiger partial charge in [0.2, 0.25) is 0 Å². The minimum Gasteiger partial charge on any atom is -0.480 e. The van der Waals surface area contributed by atoms with Gasteiger partial charge >= 0.3 is 5.97 Å². The molecule has 0 fully saturated rings. The van der Waals surface area contributed by atoms with Crippen molar-refractivity contribution in [3.05, 3.63) is 53.1 Å². The third kappa shape index (κ3) is 3.00. The standard InChI is InChI=1S/C16H17N3O3/c20-15(12-5-4-10-2-1-3-11(10)6-12)19-14(16(21)22)7-13-8-17-9-18-13/h4-6,8-9,14H,1-3,7H2,(H,17,18)(H,19,20)(H,21,22). The van der Waals surface area contributed by atoms with Gasteiger partial charge in [0.05, 0.1) is 6.33 Å². The Morgan fingerprint density at radius 3 is 2.86 bits per heavy atom. The molecule has 1 amide bonds. The van der Waals surface area contributed by atoms with Crippen LogP contribution in [0.5, 0.6) is 0 Å². The first-order valence-electron chi connectivity index (χ1n) is 7.26. The van der Waals surface area contributed by atoms with E-state index in [1.807, 2.05) is 12.1 Å². The number of aromatic nitrogens is 2. The van der Waals surface area contributed by atoms with Crippen molar-refractivity contribution in [2.75, 3.05) is 0 Å². The highest BCUT2D eigenvalue weighted by atomic mass is 16.4. The molecule has 0 spiro atoms. The predicted octanol–water partition coefficient (Wildman–Crippen LogP) is 1.32. The summed E-state index contributed by atoms with van der Waals surface area (Å²) in [6.45, 7) is 0. The monoisotopic (exact) mass is 299 g/mol. The van der Waals surface area contributed by atoms with E-state index in [1.54, 1.807) is 12.3 Å². The van der Waals surface area contributed by atoms with E-state index >= 15 is 0 Å². The molecule has 1 atom stereocenters. The SMILES string of the molecule is O=C(NC(Cc1cnc[nH]1)C(=O)O)c1ccc2c(c1)CCC2. The molecule has 0 saturated heterocycles. The molecule has 2 aromatic rings. The molecule has 1 aliphatic carbocycles. The van der Waals surface area contributed by atoms with E-state index in [9.17, 15) is 14.7 Å². The van der Waals surface area contributed by atoms with E-state index in [0.717, 1.165) is 19.3 Å². The summed E-state index contributed by atoms with van der Waals surface area (Å²) >= 11 is 0. The first-order chi connectivity index (χ1) is 10.6. The van der Waals surface area contributed by atoms with Crippen molar-refractivity contribution in [3.63, 3.8) is 0 Å².